The van der Waals surface area contributed by atoms with E-state index in [1.165, 1.54) is 18.3 Å². The Morgan fingerprint density at radius 2 is 2.12 bits per heavy atom. The van der Waals surface area contributed by atoms with Crippen molar-refractivity contribution in [3.05, 3.63) is 62.3 Å². The highest BCUT2D eigenvalue weighted by Gasteiger charge is 2.60. The van der Waals surface area contributed by atoms with E-state index in [4.69, 9.17) is 16.3 Å². The van der Waals surface area contributed by atoms with Gasteiger partial charge in [-0.05, 0) is 26.3 Å². The first-order valence-electron chi connectivity index (χ1n) is 10.6. The lowest BCUT2D eigenvalue weighted by atomic mass is 10.0. The SMILES string of the molecule is COC[C@@H]1C[C@]12CN(C(C)C)C(=O)c1c(O)c(=O)c(C(=O)NCc3cccc(Cl)c3F)cn12. The number of aromatic nitrogens is 1. The average Bonchev–Trinajstić information content (AvgIpc) is 3.46. The van der Waals surface area contributed by atoms with Crippen LogP contribution in [-0.2, 0) is 16.8 Å². The Hall–Kier alpha value is -2.91. The zero-order valence-corrected chi connectivity index (χ0v) is 19.3. The molecule has 2 heterocycles. The molecule has 2 amide bonds. The van der Waals surface area contributed by atoms with Crippen molar-refractivity contribution in [3.8, 4) is 5.75 Å². The van der Waals surface area contributed by atoms with Gasteiger partial charge in [0.2, 0.25) is 5.43 Å². The minimum Gasteiger partial charge on any atom is -0.503 e. The number of methoxy groups -OCH3 is 1. The van der Waals surface area contributed by atoms with Crippen molar-refractivity contribution in [3.63, 3.8) is 0 Å². The van der Waals surface area contributed by atoms with Gasteiger partial charge < -0.3 is 24.6 Å². The Kier molecular flexibility index (Phi) is 5.96. The molecule has 8 nitrogen and oxygen atoms in total. The number of carbonyl (C=O) groups is 2. The molecule has 2 N–H and O–H groups in total. The molecule has 10 heteroatoms. The van der Waals surface area contributed by atoms with Crippen LogP contribution in [0.5, 0.6) is 5.75 Å². The second kappa shape index (κ2) is 8.46. The Labute approximate surface area is 194 Å². The van der Waals surface area contributed by atoms with Crippen LogP contribution in [0.3, 0.4) is 0 Å². The summed E-state index contributed by atoms with van der Waals surface area (Å²) >= 11 is 5.78. The molecule has 1 aromatic heterocycles. The molecule has 0 unspecified atom stereocenters. The fraction of sp³-hybridized carbons (Fsp3) is 0.435. The third-order valence-corrected chi connectivity index (χ3v) is 6.77. The summed E-state index contributed by atoms with van der Waals surface area (Å²) in [5.41, 5.74) is -1.84. The number of halogens is 2. The number of hydrogen-bond donors (Lipinski definition) is 2. The summed E-state index contributed by atoms with van der Waals surface area (Å²) in [6, 6.07) is 4.26. The first kappa shape index (κ1) is 23.3. The number of fused-ring (bicyclic) bond motifs is 2. The number of rotatable bonds is 6. The zero-order chi connectivity index (χ0) is 24.1. The number of nitrogens with one attached hydrogen (secondary N) is 1. The van der Waals surface area contributed by atoms with Gasteiger partial charge in [0.05, 0.1) is 17.2 Å². The van der Waals surface area contributed by atoms with Crippen molar-refractivity contribution < 1.29 is 23.8 Å². The van der Waals surface area contributed by atoms with Gasteiger partial charge in [-0.1, -0.05) is 23.7 Å². The Balaban J connectivity index is 1.72. The topological polar surface area (TPSA) is 101 Å². The van der Waals surface area contributed by atoms with Crippen LogP contribution in [0.15, 0.2) is 29.2 Å². The van der Waals surface area contributed by atoms with Crippen LogP contribution in [0, 0.1) is 11.7 Å². The van der Waals surface area contributed by atoms with E-state index < -0.39 is 34.3 Å². The maximum Gasteiger partial charge on any atom is 0.274 e. The number of pyridine rings is 1. The van der Waals surface area contributed by atoms with Crippen LogP contribution >= 0.6 is 11.6 Å². The molecule has 1 spiro atoms. The lowest BCUT2D eigenvalue weighted by molar-refractivity contribution is 0.0543. The predicted molar refractivity (Wildman–Crippen MR) is 119 cm³/mol. The monoisotopic (exact) mass is 477 g/mol. The summed E-state index contributed by atoms with van der Waals surface area (Å²) in [5, 5.41) is 13.1. The number of nitrogens with zero attached hydrogens (tertiary/aromatic N) is 2. The normalized spacial score (nSPS) is 21.5. The van der Waals surface area contributed by atoms with Crippen molar-refractivity contribution in [2.24, 2.45) is 5.92 Å². The van der Waals surface area contributed by atoms with Crippen LogP contribution in [0.4, 0.5) is 4.39 Å². The highest BCUT2D eigenvalue weighted by molar-refractivity contribution is 6.30. The van der Waals surface area contributed by atoms with Gasteiger partial charge in [0.15, 0.2) is 11.4 Å². The molecule has 0 bridgehead atoms. The van der Waals surface area contributed by atoms with Crippen LogP contribution in [0.25, 0.3) is 0 Å². The average molecular weight is 478 g/mol. The highest BCUT2D eigenvalue weighted by Crippen LogP contribution is 2.54. The molecule has 2 aliphatic rings. The minimum absolute atomic E-state index is 0.0500. The van der Waals surface area contributed by atoms with E-state index in [1.807, 2.05) is 13.8 Å². The van der Waals surface area contributed by atoms with Gasteiger partial charge in [-0.3, -0.25) is 14.4 Å². The first-order chi connectivity index (χ1) is 15.6. The molecule has 2 atom stereocenters. The number of aromatic hydroxyl groups is 1. The smallest absolute Gasteiger partial charge is 0.274 e. The molecule has 1 aliphatic heterocycles. The Morgan fingerprint density at radius 1 is 1.39 bits per heavy atom. The molecule has 0 radical (unpaired) electrons. The van der Waals surface area contributed by atoms with E-state index >= 15 is 0 Å². The second-order valence-electron chi connectivity index (χ2n) is 8.82. The quantitative estimate of drug-likeness (QED) is 0.665. The maximum atomic E-state index is 14.2. The lowest BCUT2D eigenvalue weighted by Crippen LogP contribution is -2.52. The highest BCUT2D eigenvalue weighted by atomic mass is 35.5. The molecule has 1 fully saturated rings. The summed E-state index contributed by atoms with van der Waals surface area (Å²) in [6.45, 7) is 4.33. The van der Waals surface area contributed by atoms with Crippen molar-refractivity contribution >= 4 is 23.4 Å². The maximum absolute atomic E-state index is 14.2. The number of amides is 2. The number of carbonyl (C=O) groups excluding carboxylic acids is 2. The van der Waals surface area contributed by atoms with E-state index in [-0.39, 0.29) is 40.3 Å². The van der Waals surface area contributed by atoms with Crippen LogP contribution in [0.2, 0.25) is 5.02 Å². The minimum atomic E-state index is -0.955. The molecular formula is C23H25ClFN3O5. The molecule has 2 aromatic rings. The second-order valence-corrected chi connectivity index (χ2v) is 9.23. The summed E-state index contributed by atoms with van der Waals surface area (Å²) in [6.07, 6.45) is 1.99. The van der Waals surface area contributed by atoms with Gasteiger partial charge in [0, 0.05) is 43.9 Å². The summed E-state index contributed by atoms with van der Waals surface area (Å²) in [4.78, 5) is 40.4. The number of ether oxygens (including phenoxy) is 1. The third-order valence-electron chi connectivity index (χ3n) is 6.48. The third kappa shape index (κ3) is 3.79. The number of hydrogen-bond acceptors (Lipinski definition) is 5. The van der Waals surface area contributed by atoms with E-state index in [0.29, 0.717) is 19.6 Å². The van der Waals surface area contributed by atoms with Crippen molar-refractivity contribution in [1.29, 1.82) is 0 Å². The molecule has 4 rings (SSSR count). The summed E-state index contributed by atoms with van der Waals surface area (Å²) in [7, 11) is 1.58. The molecule has 1 aromatic carbocycles. The van der Waals surface area contributed by atoms with E-state index in [1.54, 1.807) is 22.6 Å². The lowest BCUT2D eigenvalue weighted by Gasteiger charge is -2.39. The molecule has 33 heavy (non-hydrogen) atoms. The van der Waals surface area contributed by atoms with Gasteiger partial charge in [-0.25, -0.2) is 4.39 Å². The van der Waals surface area contributed by atoms with Crippen LogP contribution in [-0.4, -0.2) is 52.7 Å². The standard InChI is InChI=1S/C23H25ClFN3O5/c1-12(2)27-11-23(7-14(23)10-33-3)28-9-15(19(29)20(30)18(28)22(27)32)21(31)26-8-13-5-4-6-16(24)17(13)25/h4-6,9,12,14,30H,7-8,10-11H2,1-3H3,(H,26,31)/t14-,23-/m0/s1. The molecule has 1 saturated carbocycles. The van der Waals surface area contributed by atoms with Crippen LogP contribution < -0.4 is 10.7 Å². The zero-order valence-electron chi connectivity index (χ0n) is 18.5. The van der Waals surface area contributed by atoms with Gasteiger partial charge in [-0.15, -0.1) is 0 Å². The fourth-order valence-electron chi connectivity index (χ4n) is 4.54. The van der Waals surface area contributed by atoms with Crippen molar-refractivity contribution in [2.75, 3.05) is 20.3 Å². The fourth-order valence-corrected chi connectivity index (χ4v) is 4.74. The predicted octanol–water partition coefficient (Wildman–Crippen LogP) is 2.50. The van der Waals surface area contributed by atoms with Crippen molar-refractivity contribution in [1.82, 2.24) is 14.8 Å². The largest absolute Gasteiger partial charge is 0.503 e. The van der Waals surface area contributed by atoms with Gasteiger partial charge in [0.25, 0.3) is 11.8 Å². The molecule has 0 saturated heterocycles. The van der Waals surface area contributed by atoms with Gasteiger partial charge in [0.1, 0.15) is 11.4 Å². The van der Waals surface area contributed by atoms with E-state index in [0.717, 1.165) is 0 Å². The molecule has 1 aliphatic carbocycles. The Morgan fingerprint density at radius 3 is 2.79 bits per heavy atom. The number of benzene rings is 1. The van der Waals surface area contributed by atoms with Crippen molar-refractivity contribution in [2.45, 2.75) is 38.4 Å². The molecule has 176 valence electrons. The Bertz CT molecular complexity index is 1200. The van der Waals surface area contributed by atoms with Gasteiger partial charge in [-0.2, -0.15) is 0 Å². The summed E-state index contributed by atoms with van der Waals surface area (Å²) < 4.78 is 21.0. The first-order valence-corrected chi connectivity index (χ1v) is 11.0. The van der Waals surface area contributed by atoms with Crippen LogP contribution in [0.1, 0.15) is 46.7 Å². The van der Waals surface area contributed by atoms with E-state index in [9.17, 15) is 23.9 Å². The van der Waals surface area contributed by atoms with Gasteiger partial charge >= 0.3 is 0 Å². The van der Waals surface area contributed by atoms with E-state index in [2.05, 4.69) is 5.32 Å². The summed E-state index contributed by atoms with van der Waals surface area (Å²) in [5.74, 6) is -2.64. The molecular weight excluding hydrogens is 453 g/mol.